The number of aromatic amines is 1. The van der Waals surface area contributed by atoms with E-state index < -0.39 is 5.97 Å². The van der Waals surface area contributed by atoms with E-state index >= 15 is 0 Å². The van der Waals surface area contributed by atoms with Crippen LogP contribution in [0.1, 0.15) is 10.4 Å². The van der Waals surface area contributed by atoms with E-state index in [9.17, 15) is 9.59 Å². The largest absolute Gasteiger partial charge is 0.497 e. The van der Waals surface area contributed by atoms with Crippen LogP contribution in [0.3, 0.4) is 0 Å². The third kappa shape index (κ3) is 2.74. The lowest BCUT2D eigenvalue weighted by molar-refractivity contribution is 0.0600. The van der Waals surface area contributed by atoms with Gasteiger partial charge in [0.2, 0.25) is 0 Å². The number of methoxy groups -OCH3 is 2. The molecule has 1 aromatic heterocycles. The van der Waals surface area contributed by atoms with Crippen molar-refractivity contribution in [3.8, 4) is 28.5 Å². The van der Waals surface area contributed by atoms with E-state index in [0.717, 1.165) is 0 Å². The SMILES string of the molecule is COC(=O)c1cn(-c2ccn[nH]2)cc2c(=O)n(-c3ccc(OC)cc3)nc1-2. The number of rotatable bonds is 4. The monoisotopic (exact) mass is 365 g/mol. The molecule has 136 valence electrons. The number of benzene rings is 1. The lowest BCUT2D eigenvalue weighted by atomic mass is 10.1. The molecule has 2 aliphatic heterocycles. The molecule has 0 bridgehead atoms. The van der Waals surface area contributed by atoms with Crippen LogP contribution in [0.25, 0.3) is 22.8 Å². The molecule has 9 nitrogen and oxygen atoms in total. The molecule has 0 radical (unpaired) electrons. The summed E-state index contributed by atoms with van der Waals surface area (Å²) in [5, 5.41) is 11.0. The molecule has 3 heterocycles. The number of pyridine rings is 1. The minimum atomic E-state index is -0.590. The predicted molar refractivity (Wildman–Crippen MR) is 95.8 cm³/mol. The summed E-state index contributed by atoms with van der Waals surface area (Å²) in [5.41, 5.74) is 0.922. The molecule has 0 unspecified atom stereocenters. The van der Waals surface area contributed by atoms with Gasteiger partial charge < -0.3 is 14.0 Å². The highest BCUT2D eigenvalue weighted by atomic mass is 16.5. The summed E-state index contributed by atoms with van der Waals surface area (Å²) in [5.74, 6) is 0.669. The first-order chi connectivity index (χ1) is 13.1. The van der Waals surface area contributed by atoms with Crippen molar-refractivity contribution in [1.82, 2.24) is 24.5 Å². The Hall–Kier alpha value is -3.88. The van der Waals surface area contributed by atoms with Gasteiger partial charge in [-0.1, -0.05) is 0 Å². The first kappa shape index (κ1) is 16.6. The maximum absolute atomic E-state index is 12.9. The summed E-state index contributed by atoms with van der Waals surface area (Å²) in [7, 11) is 2.84. The Bertz CT molecular complexity index is 1130. The topological polar surface area (TPSA) is 104 Å². The van der Waals surface area contributed by atoms with Gasteiger partial charge in [-0.25, -0.2) is 4.79 Å². The Morgan fingerprint density at radius 2 is 1.89 bits per heavy atom. The van der Waals surface area contributed by atoms with Crippen molar-refractivity contribution in [3.63, 3.8) is 0 Å². The number of H-pyrrole nitrogens is 1. The van der Waals surface area contributed by atoms with Gasteiger partial charge in [-0.05, 0) is 24.3 Å². The van der Waals surface area contributed by atoms with Gasteiger partial charge in [0.05, 0.1) is 31.7 Å². The number of hydrogen-bond donors (Lipinski definition) is 1. The van der Waals surface area contributed by atoms with Crippen LogP contribution in [0, 0.1) is 0 Å². The molecule has 2 aliphatic rings. The first-order valence-corrected chi connectivity index (χ1v) is 8.00. The maximum atomic E-state index is 12.9. The molecular formula is C18H15N5O4. The molecule has 1 aromatic carbocycles. The average Bonchev–Trinajstić information content (AvgIpc) is 3.35. The van der Waals surface area contributed by atoms with Gasteiger partial charge in [0.15, 0.2) is 0 Å². The van der Waals surface area contributed by atoms with Crippen LogP contribution in [-0.2, 0) is 4.74 Å². The highest BCUT2D eigenvalue weighted by Crippen LogP contribution is 2.24. The molecule has 0 aliphatic carbocycles. The van der Waals surface area contributed by atoms with Crippen LogP contribution in [0.15, 0.2) is 53.7 Å². The van der Waals surface area contributed by atoms with Crippen molar-refractivity contribution >= 4 is 5.97 Å². The smallest absolute Gasteiger partial charge is 0.341 e. The number of hydrogen-bond acceptors (Lipinski definition) is 6. The van der Waals surface area contributed by atoms with E-state index in [0.29, 0.717) is 17.3 Å². The number of carbonyl (C=O) groups excluding carboxylic acids is 1. The molecule has 0 spiro atoms. The Morgan fingerprint density at radius 1 is 1.11 bits per heavy atom. The second-order valence-electron chi connectivity index (χ2n) is 5.69. The molecular weight excluding hydrogens is 350 g/mol. The summed E-state index contributed by atoms with van der Waals surface area (Å²) in [6.07, 6.45) is 4.72. The predicted octanol–water partition coefficient (Wildman–Crippen LogP) is 1.65. The van der Waals surface area contributed by atoms with E-state index in [2.05, 4.69) is 15.3 Å². The molecule has 0 fully saturated rings. The Morgan fingerprint density at radius 3 is 2.52 bits per heavy atom. The number of nitrogens with zero attached hydrogens (tertiary/aromatic N) is 4. The van der Waals surface area contributed by atoms with Crippen LogP contribution in [0.2, 0.25) is 0 Å². The lowest BCUT2D eigenvalue weighted by Gasteiger charge is -2.09. The standard InChI is InChI=1S/C18H15N5O4/c1-26-12-5-3-11(4-6-12)23-17(24)13-9-22(15-7-8-19-20-15)10-14(16(13)21-23)18(25)27-2/h3-10H,1-2H3,(H,19,20). The highest BCUT2D eigenvalue weighted by Gasteiger charge is 2.25. The highest BCUT2D eigenvalue weighted by molar-refractivity contribution is 5.96. The molecule has 0 atom stereocenters. The number of aromatic nitrogens is 5. The van der Waals surface area contributed by atoms with Crippen molar-refractivity contribution in [2.75, 3.05) is 14.2 Å². The summed E-state index contributed by atoms with van der Waals surface area (Å²) in [4.78, 5) is 25.2. The Balaban J connectivity index is 1.95. The van der Waals surface area contributed by atoms with Crippen LogP contribution >= 0.6 is 0 Å². The van der Waals surface area contributed by atoms with E-state index in [1.807, 2.05) is 0 Å². The zero-order chi connectivity index (χ0) is 19.0. The molecule has 2 aromatic rings. The number of fused-ring (bicyclic) bond motifs is 1. The molecule has 4 rings (SSSR count). The minimum absolute atomic E-state index is 0.175. The molecule has 0 saturated heterocycles. The van der Waals surface area contributed by atoms with Gasteiger partial charge in [0.1, 0.15) is 22.8 Å². The zero-order valence-corrected chi connectivity index (χ0v) is 14.5. The third-order valence-corrected chi connectivity index (χ3v) is 4.16. The molecule has 27 heavy (non-hydrogen) atoms. The fraction of sp³-hybridized carbons (Fsp3) is 0.111. The minimum Gasteiger partial charge on any atom is -0.497 e. The van der Waals surface area contributed by atoms with Crippen molar-refractivity contribution in [1.29, 1.82) is 0 Å². The number of carbonyl (C=O) groups is 1. The van der Waals surface area contributed by atoms with Gasteiger partial charge in [-0.3, -0.25) is 9.89 Å². The molecule has 0 amide bonds. The fourth-order valence-electron chi connectivity index (χ4n) is 2.80. The van der Waals surface area contributed by atoms with Crippen LogP contribution in [0.4, 0.5) is 0 Å². The van der Waals surface area contributed by atoms with E-state index in [1.54, 1.807) is 60.6 Å². The van der Waals surface area contributed by atoms with Crippen molar-refractivity contribution < 1.29 is 14.3 Å². The van der Waals surface area contributed by atoms with Gasteiger partial charge >= 0.3 is 5.97 Å². The van der Waals surface area contributed by atoms with Gasteiger partial charge in [0, 0.05) is 18.5 Å². The number of ether oxygens (including phenoxy) is 2. The molecule has 1 N–H and O–H groups in total. The fourth-order valence-corrected chi connectivity index (χ4v) is 2.80. The zero-order valence-electron chi connectivity index (χ0n) is 14.5. The molecule has 9 heteroatoms. The van der Waals surface area contributed by atoms with E-state index in [-0.39, 0.29) is 22.4 Å². The molecule has 0 saturated carbocycles. The van der Waals surface area contributed by atoms with Gasteiger partial charge in [-0.15, -0.1) is 0 Å². The van der Waals surface area contributed by atoms with Crippen LogP contribution < -0.4 is 10.3 Å². The summed E-state index contributed by atoms with van der Waals surface area (Å²) in [6.45, 7) is 0. The van der Waals surface area contributed by atoms with Crippen molar-refractivity contribution in [3.05, 3.63) is 64.8 Å². The van der Waals surface area contributed by atoms with E-state index in [1.165, 1.54) is 11.8 Å². The quantitative estimate of drug-likeness (QED) is 0.552. The second kappa shape index (κ2) is 6.45. The van der Waals surface area contributed by atoms with Crippen LogP contribution in [0.5, 0.6) is 5.75 Å². The average molecular weight is 365 g/mol. The van der Waals surface area contributed by atoms with Gasteiger partial charge in [-0.2, -0.15) is 14.9 Å². The van der Waals surface area contributed by atoms with Crippen molar-refractivity contribution in [2.45, 2.75) is 0 Å². The second-order valence-corrected chi connectivity index (χ2v) is 5.69. The maximum Gasteiger partial charge on any atom is 0.341 e. The summed E-state index contributed by atoms with van der Waals surface area (Å²) < 4.78 is 12.8. The van der Waals surface area contributed by atoms with Crippen molar-refractivity contribution in [2.24, 2.45) is 0 Å². The number of nitrogens with one attached hydrogen (secondary N) is 1. The third-order valence-electron chi connectivity index (χ3n) is 4.16. The van der Waals surface area contributed by atoms with Crippen LogP contribution in [-0.4, -0.2) is 44.7 Å². The van der Waals surface area contributed by atoms with Gasteiger partial charge in [0.25, 0.3) is 5.56 Å². The summed E-state index contributed by atoms with van der Waals surface area (Å²) in [6, 6.07) is 8.60. The Kier molecular flexibility index (Phi) is 3.96. The summed E-state index contributed by atoms with van der Waals surface area (Å²) >= 11 is 0. The lowest BCUT2D eigenvalue weighted by Crippen LogP contribution is -2.15. The number of esters is 1. The first-order valence-electron chi connectivity index (χ1n) is 8.00. The Labute approximate surface area is 153 Å². The van der Waals surface area contributed by atoms with E-state index in [4.69, 9.17) is 9.47 Å². The normalized spacial score (nSPS) is 10.9.